The Morgan fingerprint density at radius 1 is 0.640 bits per heavy atom. The van der Waals surface area contributed by atoms with Crippen LogP contribution in [0, 0.1) is 0 Å². The lowest BCUT2D eigenvalue weighted by Crippen LogP contribution is -1.87. The largest absolute Gasteiger partial charge is 0.0917 e. The molecular formula is C25H36. The first-order chi connectivity index (χ1) is 12.4. The Bertz CT molecular complexity index is 608. The zero-order valence-corrected chi connectivity index (χ0v) is 16.2. The molecule has 2 aromatic rings. The number of aryl methyl sites for hydroxylation is 1. The smallest absolute Gasteiger partial charge is 0.0181 e. The maximum atomic E-state index is 2.37. The summed E-state index contributed by atoms with van der Waals surface area (Å²) < 4.78 is 0. The van der Waals surface area contributed by atoms with E-state index >= 15 is 0 Å². The minimum absolute atomic E-state index is 1.23. The minimum atomic E-state index is 1.23. The van der Waals surface area contributed by atoms with Gasteiger partial charge < -0.3 is 0 Å². The fourth-order valence-electron chi connectivity index (χ4n) is 3.57. The second-order valence-corrected chi connectivity index (χ2v) is 7.32. The van der Waals surface area contributed by atoms with E-state index in [2.05, 4.69) is 61.5 Å². The van der Waals surface area contributed by atoms with Crippen molar-refractivity contribution in [2.75, 3.05) is 0 Å². The Kier molecular flexibility index (Phi) is 10.1. The third-order valence-electron chi connectivity index (χ3n) is 5.14. The van der Waals surface area contributed by atoms with E-state index in [9.17, 15) is 0 Å². The van der Waals surface area contributed by atoms with Gasteiger partial charge in [0.1, 0.15) is 0 Å². The van der Waals surface area contributed by atoms with Gasteiger partial charge in [0, 0.05) is 0 Å². The Hall–Kier alpha value is -1.56. The number of hydrogen-bond acceptors (Lipinski definition) is 0. The number of benzene rings is 2. The number of allylic oxidation sites excluding steroid dienone is 2. The van der Waals surface area contributed by atoms with Gasteiger partial charge >= 0.3 is 0 Å². The van der Waals surface area contributed by atoms with Gasteiger partial charge in [-0.3, -0.25) is 0 Å². The van der Waals surface area contributed by atoms with E-state index in [1.54, 1.807) is 0 Å². The van der Waals surface area contributed by atoms with Gasteiger partial charge in [-0.25, -0.2) is 0 Å². The molecule has 0 aromatic heterocycles. The van der Waals surface area contributed by atoms with Crippen LogP contribution in [0.15, 0.2) is 54.6 Å². The van der Waals surface area contributed by atoms with Crippen molar-refractivity contribution in [3.63, 3.8) is 0 Å². The van der Waals surface area contributed by atoms with E-state index in [1.165, 1.54) is 93.4 Å². The highest BCUT2D eigenvalue weighted by molar-refractivity contribution is 5.82. The zero-order chi connectivity index (χ0) is 17.6. The van der Waals surface area contributed by atoms with Gasteiger partial charge in [-0.1, -0.05) is 106 Å². The Labute approximate surface area is 155 Å². The molecule has 0 saturated carbocycles. The monoisotopic (exact) mass is 336 g/mol. The highest BCUT2D eigenvalue weighted by Gasteiger charge is 1.97. The van der Waals surface area contributed by atoms with Gasteiger partial charge in [-0.15, -0.1) is 0 Å². The normalized spacial score (nSPS) is 11.6. The van der Waals surface area contributed by atoms with Crippen molar-refractivity contribution in [3.05, 3.63) is 60.2 Å². The first kappa shape index (κ1) is 19.8. The zero-order valence-electron chi connectivity index (χ0n) is 16.2. The van der Waals surface area contributed by atoms with Gasteiger partial charge in [-0.05, 0) is 48.9 Å². The SMILES string of the molecule is C/C=C/CCCCCCCCCCCCc1ccc2ccccc2c1. The molecule has 0 spiro atoms. The van der Waals surface area contributed by atoms with Crippen molar-refractivity contribution in [2.45, 2.75) is 84.0 Å². The van der Waals surface area contributed by atoms with E-state index in [-0.39, 0.29) is 0 Å². The molecule has 0 atom stereocenters. The summed E-state index contributed by atoms with van der Waals surface area (Å²) in [6, 6.07) is 15.6. The summed E-state index contributed by atoms with van der Waals surface area (Å²) >= 11 is 0. The fraction of sp³-hybridized carbons (Fsp3) is 0.520. The van der Waals surface area contributed by atoms with Crippen molar-refractivity contribution >= 4 is 10.8 Å². The molecule has 0 bridgehead atoms. The first-order valence-corrected chi connectivity index (χ1v) is 10.5. The van der Waals surface area contributed by atoms with E-state index in [1.807, 2.05) is 0 Å². The molecule has 0 fully saturated rings. The van der Waals surface area contributed by atoms with E-state index < -0.39 is 0 Å². The summed E-state index contributed by atoms with van der Waals surface area (Å²) in [7, 11) is 0. The van der Waals surface area contributed by atoms with Crippen molar-refractivity contribution < 1.29 is 0 Å². The molecule has 0 aliphatic heterocycles. The van der Waals surface area contributed by atoms with Gasteiger partial charge in [-0.2, -0.15) is 0 Å². The number of rotatable bonds is 13. The lowest BCUT2D eigenvalue weighted by molar-refractivity contribution is 0.552. The average molecular weight is 337 g/mol. The van der Waals surface area contributed by atoms with Crippen LogP contribution >= 0.6 is 0 Å². The van der Waals surface area contributed by atoms with Gasteiger partial charge in [0.05, 0.1) is 0 Å². The summed E-state index contributed by atoms with van der Waals surface area (Å²) in [5.41, 5.74) is 1.50. The maximum Gasteiger partial charge on any atom is -0.0181 e. The maximum absolute atomic E-state index is 2.37. The van der Waals surface area contributed by atoms with Crippen LogP contribution in [-0.2, 0) is 6.42 Å². The van der Waals surface area contributed by atoms with E-state index in [0.29, 0.717) is 0 Å². The Morgan fingerprint density at radius 2 is 1.24 bits per heavy atom. The summed E-state index contributed by atoms with van der Waals surface area (Å²) in [6.07, 6.45) is 21.0. The third-order valence-corrected chi connectivity index (χ3v) is 5.14. The van der Waals surface area contributed by atoms with E-state index in [4.69, 9.17) is 0 Å². The second-order valence-electron chi connectivity index (χ2n) is 7.32. The predicted octanol–water partition coefficient (Wildman–Crippen LogP) is 8.25. The molecule has 0 unspecified atom stereocenters. The van der Waals surface area contributed by atoms with Gasteiger partial charge in [0.2, 0.25) is 0 Å². The Morgan fingerprint density at radius 3 is 1.92 bits per heavy atom. The lowest BCUT2D eigenvalue weighted by Gasteiger charge is -2.05. The molecule has 2 aromatic carbocycles. The lowest BCUT2D eigenvalue weighted by atomic mass is 10.0. The van der Waals surface area contributed by atoms with Crippen LogP contribution in [0.5, 0.6) is 0 Å². The molecule has 0 nitrogen and oxygen atoms in total. The van der Waals surface area contributed by atoms with Crippen molar-refractivity contribution in [3.8, 4) is 0 Å². The predicted molar refractivity (Wildman–Crippen MR) is 113 cm³/mol. The fourth-order valence-corrected chi connectivity index (χ4v) is 3.57. The van der Waals surface area contributed by atoms with Crippen LogP contribution in [0.2, 0.25) is 0 Å². The molecule has 0 amide bonds. The van der Waals surface area contributed by atoms with Crippen molar-refractivity contribution in [1.29, 1.82) is 0 Å². The van der Waals surface area contributed by atoms with Crippen LogP contribution < -0.4 is 0 Å². The quantitative estimate of drug-likeness (QED) is 0.255. The molecule has 2 rings (SSSR count). The second kappa shape index (κ2) is 12.8. The molecule has 0 heterocycles. The molecule has 25 heavy (non-hydrogen) atoms. The minimum Gasteiger partial charge on any atom is -0.0917 e. The standard InChI is InChI=1S/C25H36/c1-2-3-4-5-6-7-8-9-10-11-12-13-14-17-23-20-21-24-18-15-16-19-25(24)22-23/h2-3,15-16,18-22H,4-14,17H2,1H3/b3-2+. The highest BCUT2D eigenvalue weighted by atomic mass is 14.0. The summed E-state index contributed by atoms with van der Waals surface area (Å²) in [6.45, 7) is 2.11. The van der Waals surface area contributed by atoms with Crippen LogP contribution in [0.4, 0.5) is 0 Å². The Balaban J connectivity index is 1.44. The molecule has 0 aliphatic carbocycles. The van der Waals surface area contributed by atoms with Crippen molar-refractivity contribution in [1.82, 2.24) is 0 Å². The summed E-state index contributed by atoms with van der Waals surface area (Å²) in [4.78, 5) is 0. The molecule has 0 saturated heterocycles. The van der Waals surface area contributed by atoms with Gasteiger partial charge in [0.25, 0.3) is 0 Å². The van der Waals surface area contributed by atoms with Crippen molar-refractivity contribution in [2.24, 2.45) is 0 Å². The van der Waals surface area contributed by atoms with Crippen LogP contribution in [0.25, 0.3) is 10.8 Å². The van der Waals surface area contributed by atoms with E-state index in [0.717, 1.165) is 0 Å². The molecular weight excluding hydrogens is 300 g/mol. The molecule has 136 valence electrons. The third kappa shape index (κ3) is 8.38. The molecule has 0 heteroatoms. The molecule has 0 N–H and O–H groups in total. The first-order valence-electron chi connectivity index (χ1n) is 10.5. The summed E-state index contributed by atoms with van der Waals surface area (Å²) in [5.74, 6) is 0. The van der Waals surface area contributed by atoms with Crippen LogP contribution in [0.1, 0.15) is 83.1 Å². The number of fused-ring (bicyclic) bond motifs is 1. The number of hydrogen-bond donors (Lipinski definition) is 0. The molecule has 0 aliphatic rings. The molecule has 0 radical (unpaired) electrons. The average Bonchev–Trinajstić information content (AvgIpc) is 2.65. The highest BCUT2D eigenvalue weighted by Crippen LogP contribution is 2.18. The summed E-state index contributed by atoms with van der Waals surface area (Å²) in [5, 5.41) is 2.73. The van der Waals surface area contributed by atoms with Crippen LogP contribution in [0.3, 0.4) is 0 Å². The number of unbranched alkanes of at least 4 members (excludes halogenated alkanes) is 10. The van der Waals surface area contributed by atoms with Gasteiger partial charge in [0.15, 0.2) is 0 Å². The topological polar surface area (TPSA) is 0 Å². The van der Waals surface area contributed by atoms with Crippen LogP contribution in [-0.4, -0.2) is 0 Å².